The van der Waals surface area contributed by atoms with Crippen molar-refractivity contribution < 1.29 is 9.84 Å². The molecule has 0 saturated carbocycles. The quantitative estimate of drug-likeness (QED) is 0.565. The number of nitrogen functional groups attached to an aromatic ring is 1. The fraction of sp³-hybridized carbons (Fsp3) is 0.188. The number of nitrogens with zero attached hydrogens (tertiary/aromatic N) is 1. The first-order chi connectivity index (χ1) is 9.72. The Morgan fingerprint density at radius 3 is 2.50 bits per heavy atom. The van der Waals surface area contributed by atoms with Crippen LogP contribution in [0.1, 0.15) is 5.56 Å². The van der Waals surface area contributed by atoms with Crippen LogP contribution in [0.5, 0.6) is 5.75 Å². The molecular formula is C16H16N2O2. The molecule has 20 heavy (non-hydrogen) atoms. The summed E-state index contributed by atoms with van der Waals surface area (Å²) in [5.41, 5.74) is 9.30. The smallest absolute Gasteiger partial charge is 0.121 e. The fourth-order valence-corrected chi connectivity index (χ4v) is 2.54. The molecule has 1 heterocycles. The van der Waals surface area contributed by atoms with Crippen LogP contribution in [0.15, 0.2) is 36.4 Å². The second-order valence-electron chi connectivity index (χ2n) is 4.72. The Balaban J connectivity index is 2.40. The SMILES string of the molecule is COc1ccc2c(CCO)c3ccc(N)cc3nc2c1. The molecule has 102 valence electrons. The van der Waals surface area contributed by atoms with E-state index in [1.165, 1.54) is 0 Å². The molecule has 4 nitrogen and oxygen atoms in total. The van der Waals surface area contributed by atoms with Gasteiger partial charge in [0.15, 0.2) is 0 Å². The third kappa shape index (κ3) is 2.04. The average molecular weight is 268 g/mol. The summed E-state index contributed by atoms with van der Waals surface area (Å²) in [5, 5.41) is 11.4. The van der Waals surface area contributed by atoms with E-state index in [4.69, 9.17) is 10.5 Å². The van der Waals surface area contributed by atoms with Gasteiger partial charge >= 0.3 is 0 Å². The Labute approximate surface area is 116 Å². The summed E-state index contributed by atoms with van der Waals surface area (Å²) in [4.78, 5) is 4.65. The fourth-order valence-electron chi connectivity index (χ4n) is 2.54. The molecule has 2 aromatic carbocycles. The highest BCUT2D eigenvalue weighted by Crippen LogP contribution is 2.29. The molecule has 0 unspecified atom stereocenters. The molecule has 0 atom stereocenters. The zero-order valence-electron chi connectivity index (χ0n) is 11.3. The highest BCUT2D eigenvalue weighted by Gasteiger charge is 2.10. The lowest BCUT2D eigenvalue weighted by atomic mass is 10.00. The van der Waals surface area contributed by atoms with Crippen LogP contribution in [-0.4, -0.2) is 23.8 Å². The zero-order chi connectivity index (χ0) is 14.1. The van der Waals surface area contributed by atoms with Crippen LogP contribution < -0.4 is 10.5 Å². The van der Waals surface area contributed by atoms with E-state index in [1.807, 2.05) is 36.4 Å². The van der Waals surface area contributed by atoms with E-state index in [-0.39, 0.29) is 6.61 Å². The van der Waals surface area contributed by atoms with Crippen molar-refractivity contribution in [1.82, 2.24) is 4.98 Å². The van der Waals surface area contributed by atoms with Crippen molar-refractivity contribution in [2.24, 2.45) is 0 Å². The summed E-state index contributed by atoms with van der Waals surface area (Å²) < 4.78 is 5.24. The molecular weight excluding hydrogens is 252 g/mol. The minimum Gasteiger partial charge on any atom is -0.497 e. The predicted molar refractivity (Wildman–Crippen MR) is 81.0 cm³/mol. The standard InChI is InChI=1S/C16H16N2O2/c1-20-11-3-5-14-12(6-7-19)13-4-2-10(17)8-15(13)18-16(14)9-11/h2-5,8-9,19H,6-7,17H2,1H3. The van der Waals surface area contributed by atoms with Gasteiger partial charge in [-0.2, -0.15) is 0 Å². The lowest BCUT2D eigenvalue weighted by Gasteiger charge is -2.11. The monoisotopic (exact) mass is 268 g/mol. The number of aromatic nitrogens is 1. The Morgan fingerprint density at radius 1 is 1.10 bits per heavy atom. The third-order valence-corrected chi connectivity index (χ3v) is 3.48. The van der Waals surface area contributed by atoms with Crippen LogP contribution >= 0.6 is 0 Å². The van der Waals surface area contributed by atoms with Crippen molar-refractivity contribution in [3.05, 3.63) is 42.0 Å². The van der Waals surface area contributed by atoms with Crippen LogP contribution in [0.3, 0.4) is 0 Å². The Morgan fingerprint density at radius 2 is 1.80 bits per heavy atom. The van der Waals surface area contributed by atoms with Gasteiger partial charge in [0.25, 0.3) is 0 Å². The van der Waals surface area contributed by atoms with Crippen LogP contribution in [0.2, 0.25) is 0 Å². The maximum Gasteiger partial charge on any atom is 0.121 e. The van der Waals surface area contributed by atoms with Gasteiger partial charge in [-0.15, -0.1) is 0 Å². The number of hydrogen-bond donors (Lipinski definition) is 2. The number of benzene rings is 2. The van der Waals surface area contributed by atoms with Gasteiger partial charge in [0, 0.05) is 29.1 Å². The van der Waals surface area contributed by atoms with Gasteiger partial charge in [0.1, 0.15) is 5.75 Å². The lowest BCUT2D eigenvalue weighted by Crippen LogP contribution is -1.97. The molecule has 0 aliphatic carbocycles. The van der Waals surface area contributed by atoms with Crippen molar-refractivity contribution in [3.63, 3.8) is 0 Å². The summed E-state index contributed by atoms with van der Waals surface area (Å²) in [6, 6.07) is 11.5. The van der Waals surface area contributed by atoms with Crippen molar-refractivity contribution in [2.45, 2.75) is 6.42 Å². The summed E-state index contributed by atoms with van der Waals surface area (Å²) >= 11 is 0. The second-order valence-corrected chi connectivity index (χ2v) is 4.72. The molecule has 3 rings (SSSR count). The molecule has 0 aliphatic rings. The molecule has 0 bridgehead atoms. The van der Waals surface area contributed by atoms with E-state index in [0.29, 0.717) is 12.1 Å². The molecule has 0 amide bonds. The van der Waals surface area contributed by atoms with Crippen molar-refractivity contribution in [1.29, 1.82) is 0 Å². The number of ether oxygens (including phenoxy) is 1. The highest BCUT2D eigenvalue weighted by molar-refractivity contribution is 5.98. The number of anilines is 1. The molecule has 0 spiro atoms. The van der Waals surface area contributed by atoms with E-state index < -0.39 is 0 Å². The number of pyridine rings is 1. The van der Waals surface area contributed by atoms with Crippen molar-refractivity contribution in [2.75, 3.05) is 19.5 Å². The van der Waals surface area contributed by atoms with Crippen LogP contribution in [0.25, 0.3) is 21.8 Å². The van der Waals surface area contributed by atoms with Crippen molar-refractivity contribution in [3.8, 4) is 5.75 Å². The van der Waals surface area contributed by atoms with Crippen molar-refractivity contribution >= 4 is 27.5 Å². The van der Waals surface area contributed by atoms with E-state index in [1.54, 1.807) is 7.11 Å². The normalized spacial score (nSPS) is 11.1. The molecule has 0 fully saturated rings. The highest BCUT2D eigenvalue weighted by atomic mass is 16.5. The van der Waals surface area contributed by atoms with Crippen LogP contribution in [0, 0.1) is 0 Å². The molecule has 4 heteroatoms. The van der Waals surface area contributed by atoms with E-state index in [9.17, 15) is 5.11 Å². The Hall–Kier alpha value is -2.33. The van der Waals surface area contributed by atoms with E-state index >= 15 is 0 Å². The van der Waals surface area contributed by atoms with Gasteiger partial charge in [-0.3, -0.25) is 0 Å². The van der Waals surface area contributed by atoms with Gasteiger partial charge < -0.3 is 15.6 Å². The lowest BCUT2D eigenvalue weighted by molar-refractivity contribution is 0.300. The first kappa shape index (κ1) is 12.7. The number of methoxy groups -OCH3 is 1. The molecule has 0 saturated heterocycles. The second kappa shape index (κ2) is 4.98. The summed E-state index contributed by atoms with van der Waals surface area (Å²) in [6.45, 7) is 0.102. The summed E-state index contributed by atoms with van der Waals surface area (Å²) in [6.07, 6.45) is 0.589. The maximum atomic E-state index is 9.32. The Kier molecular flexibility index (Phi) is 3.16. The summed E-state index contributed by atoms with van der Waals surface area (Å²) in [7, 11) is 1.63. The minimum atomic E-state index is 0.102. The number of fused-ring (bicyclic) bond motifs is 2. The van der Waals surface area contributed by atoms with Gasteiger partial charge in [0.05, 0.1) is 18.1 Å². The van der Waals surface area contributed by atoms with E-state index in [2.05, 4.69) is 4.98 Å². The molecule has 3 N–H and O–H groups in total. The average Bonchev–Trinajstić information content (AvgIpc) is 2.46. The molecule has 3 aromatic rings. The maximum absolute atomic E-state index is 9.32. The van der Waals surface area contributed by atoms with Crippen LogP contribution in [-0.2, 0) is 6.42 Å². The Bertz CT molecular complexity index is 784. The van der Waals surface area contributed by atoms with E-state index in [0.717, 1.165) is 33.1 Å². The van der Waals surface area contributed by atoms with Gasteiger partial charge in [-0.05, 0) is 36.2 Å². The summed E-state index contributed by atoms with van der Waals surface area (Å²) in [5.74, 6) is 0.767. The number of nitrogens with two attached hydrogens (primary N) is 1. The number of aliphatic hydroxyl groups excluding tert-OH is 1. The largest absolute Gasteiger partial charge is 0.497 e. The number of rotatable bonds is 3. The zero-order valence-corrected chi connectivity index (χ0v) is 11.3. The minimum absolute atomic E-state index is 0.102. The first-order valence-corrected chi connectivity index (χ1v) is 6.49. The van der Waals surface area contributed by atoms with Gasteiger partial charge in [0.2, 0.25) is 0 Å². The predicted octanol–water partition coefficient (Wildman–Crippen LogP) is 2.51. The molecule has 1 aromatic heterocycles. The molecule has 0 aliphatic heterocycles. The molecule has 0 radical (unpaired) electrons. The number of hydrogen-bond acceptors (Lipinski definition) is 4. The van der Waals surface area contributed by atoms with Gasteiger partial charge in [-0.1, -0.05) is 6.07 Å². The third-order valence-electron chi connectivity index (χ3n) is 3.48. The first-order valence-electron chi connectivity index (χ1n) is 6.49. The van der Waals surface area contributed by atoms with Gasteiger partial charge in [-0.25, -0.2) is 4.98 Å². The number of aliphatic hydroxyl groups is 1. The van der Waals surface area contributed by atoms with Crippen LogP contribution in [0.4, 0.5) is 5.69 Å². The topological polar surface area (TPSA) is 68.4 Å².